The van der Waals surface area contributed by atoms with Crippen molar-refractivity contribution in [3.63, 3.8) is 0 Å². The second-order valence-corrected chi connectivity index (χ2v) is 8.52. The van der Waals surface area contributed by atoms with E-state index in [0.717, 1.165) is 57.5 Å². The molecule has 0 radical (unpaired) electrons. The van der Waals surface area contributed by atoms with Gasteiger partial charge in [0.05, 0.1) is 36.0 Å². The van der Waals surface area contributed by atoms with Crippen molar-refractivity contribution in [2.24, 2.45) is 0 Å². The summed E-state index contributed by atoms with van der Waals surface area (Å²) in [5.41, 5.74) is 5.16. The normalized spacial score (nSPS) is 11.1. The van der Waals surface area contributed by atoms with Gasteiger partial charge >= 0.3 is 6.16 Å². The van der Waals surface area contributed by atoms with Crippen LogP contribution in [0.5, 0.6) is 11.6 Å². The van der Waals surface area contributed by atoms with Gasteiger partial charge in [0.2, 0.25) is 5.88 Å². The molecule has 2 heterocycles. The highest BCUT2D eigenvalue weighted by Crippen LogP contribution is 2.42. The molecule has 0 amide bonds. The zero-order valence-corrected chi connectivity index (χ0v) is 19.6. The second-order valence-electron chi connectivity index (χ2n) is 7.99. The lowest BCUT2D eigenvalue weighted by atomic mass is 10.0. The Kier molecular flexibility index (Phi) is 6.15. The van der Waals surface area contributed by atoms with Gasteiger partial charge in [0.25, 0.3) is 0 Å². The summed E-state index contributed by atoms with van der Waals surface area (Å²) in [5, 5.41) is 10.4. The topological polar surface area (TPSA) is 104 Å². The van der Waals surface area contributed by atoms with Gasteiger partial charge in [-0.15, -0.1) is 0 Å². The third-order valence-electron chi connectivity index (χ3n) is 5.64. The van der Waals surface area contributed by atoms with E-state index in [-0.39, 0.29) is 5.88 Å². The SMILES string of the molecule is CCCOc1ccc2c(c1)c(-c1ccc(C=O)cc1)c(OC(=O)O)n2Cc1ccc2nsnc2c1. The molecule has 1 N–H and O–H groups in total. The Bertz CT molecular complexity index is 1540. The largest absolute Gasteiger partial charge is 0.512 e. The van der Waals surface area contributed by atoms with E-state index in [1.807, 2.05) is 47.9 Å². The summed E-state index contributed by atoms with van der Waals surface area (Å²) in [4.78, 5) is 22.9. The summed E-state index contributed by atoms with van der Waals surface area (Å²) < 4.78 is 21.6. The van der Waals surface area contributed by atoms with Crippen LogP contribution in [0, 0.1) is 0 Å². The molecule has 5 rings (SSSR count). The smallest absolute Gasteiger partial charge is 0.494 e. The molecular weight excluding hydrogens is 466 g/mol. The van der Waals surface area contributed by atoms with Gasteiger partial charge in [0.1, 0.15) is 23.1 Å². The molecule has 0 aliphatic rings. The summed E-state index contributed by atoms with van der Waals surface area (Å²) in [6.45, 7) is 2.95. The van der Waals surface area contributed by atoms with E-state index in [1.54, 1.807) is 24.3 Å². The Morgan fingerprint density at radius 2 is 1.86 bits per heavy atom. The highest BCUT2D eigenvalue weighted by molar-refractivity contribution is 7.00. The van der Waals surface area contributed by atoms with Gasteiger partial charge in [-0.25, -0.2) is 4.79 Å². The first-order valence-corrected chi connectivity index (χ1v) is 11.8. The van der Waals surface area contributed by atoms with Crippen LogP contribution in [0.2, 0.25) is 0 Å². The first-order valence-electron chi connectivity index (χ1n) is 11.0. The van der Waals surface area contributed by atoms with Crippen molar-refractivity contribution in [2.45, 2.75) is 19.9 Å². The predicted octanol–water partition coefficient (Wildman–Crippen LogP) is 6.02. The van der Waals surface area contributed by atoms with E-state index in [9.17, 15) is 14.7 Å². The zero-order chi connectivity index (χ0) is 24.4. The minimum absolute atomic E-state index is 0.190. The molecule has 0 atom stereocenters. The highest BCUT2D eigenvalue weighted by Gasteiger charge is 2.23. The standard InChI is InChI=1S/C26H21N3O5S/c1-2-11-33-19-8-10-23-20(13-19)24(18-6-3-16(15-30)4-7-18)25(34-26(31)32)29(23)14-17-5-9-21-22(12-17)28-35-27-21/h3-10,12-13,15H,2,11,14H2,1H3,(H,31,32). The molecule has 0 saturated carbocycles. The van der Waals surface area contributed by atoms with E-state index in [0.29, 0.717) is 30.0 Å². The minimum atomic E-state index is -1.42. The van der Waals surface area contributed by atoms with Gasteiger partial charge in [0.15, 0.2) is 0 Å². The van der Waals surface area contributed by atoms with Crippen LogP contribution < -0.4 is 9.47 Å². The second kappa shape index (κ2) is 9.55. The van der Waals surface area contributed by atoms with E-state index in [4.69, 9.17) is 9.47 Å². The van der Waals surface area contributed by atoms with Crippen molar-refractivity contribution < 1.29 is 24.2 Å². The van der Waals surface area contributed by atoms with Crippen LogP contribution in [0.15, 0.2) is 60.7 Å². The number of fused-ring (bicyclic) bond motifs is 2. The first kappa shape index (κ1) is 22.5. The van der Waals surface area contributed by atoms with Crippen LogP contribution in [0.4, 0.5) is 4.79 Å². The van der Waals surface area contributed by atoms with Gasteiger partial charge in [0, 0.05) is 10.9 Å². The molecule has 2 aromatic heterocycles. The molecule has 3 aromatic carbocycles. The van der Waals surface area contributed by atoms with Crippen LogP contribution in [-0.4, -0.2) is 37.5 Å². The maximum Gasteiger partial charge on any atom is 0.512 e. The number of carboxylic acid groups (broad SMARTS) is 1. The fraction of sp³-hybridized carbons (Fsp3) is 0.154. The van der Waals surface area contributed by atoms with Crippen LogP contribution >= 0.6 is 11.7 Å². The quantitative estimate of drug-likeness (QED) is 0.211. The summed E-state index contributed by atoms with van der Waals surface area (Å²) >= 11 is 1.15. The van der Waals surface area contributed by atoms with Crippen molar-refractivity contribution in [3.05, 3.63) is 71.8 Å². The Hall–Kier alpha value is -4.24. The number of carbonyl (C=O) groups is 2. The monoisotopic (exact) mass is 487 g/mol. The first-order chi connectivity index (χ1) is 17.1. The van der Waals surface area contributed by atoms with Crippen molar-refractivity contribution in [3.8, 4) is 22.8 Å². The van der Waals surface area contributed by atoms with Gasteiger partial charge in [-0.1, -0.05) is 37.3 Å². The van der Waals surface area contributed by atoms with E-state index in [2.05, 4.69) is 8.75 Å². The van der Waals surface area contributed by atoms with Gasteiger partial charge in [-0.3, -0.25) is 4.79 Å². The number of ether oxygens (including phenoxy) is 2. The fourth-order valence-corrected chi connectivity index (χ4v) is 4.60. The molecule has 5 aromatic rings. The van der Waals surface area contributed by atoms with Crippen LogP contribution in [0.3, 0.4) is 0 Å². The number of rotatable bonds is 8. The minimum Gasteiger partial charge on any atom is -0.494 e. The fourth-order valence-electron chi connectivity index (χ4n) is 4.08. The van der Waals surface area contributed by atoms with Crippen molar-refractivity contribution in [1.82, 2.24) is 13.3 Å². The number of hydrogen-bond acceptors (Lipinski definition) is 7. The van der Waals surface area contributed by atoms with Crippen molar-refractivity contribution >= 4 is 46.1 Å². The van der Waals surface area contributed by atoms with Crippen LogP contribution in [0.25, 0.3) is 33.1 Å². The van der Waals surface area contributed by atoms with Crippen LogP contribution in [0.1, 0.15) is 29.3 Å². The maximum atomic E-state index is 11.8. The van der Waals surface area contributed by atoms with Crippen molar-refractivity contribution in [2.75, 3.05) is 6.61 Å². The number of benzene rings is 3. The molecule has 0 unspecified atom stereocenters. The number of aldehydes is 1. The van der Waals surface area contributed by atoms with Crippen molar-refractivity contribution in [1.29, 1.82) is 0 Å². The summed E-state index contributed by atoms with van der Waals surface area (Å²) in [7, 11) is 0. The predicted molar refractivity (Wildman–Crippen MR) is 134 cm³/mol. The molecule has 0 aliphatic carbocycles. The van der Waals surface area contributed by atoms with E-state index >= 15 is 0 Å². The van der Waals surface area contributed by atoms with Gasteiger partial charge < -0.3 is 19.1 Å². The lowest BCUT2D eigenvalue weighted by Gasteiger charge is -2.11. The third kappa shape index (κ3) is 4.45. The zero-order valence-electron chi connectivity index (χ0n) is 18.8. The molecule has 0 bridgehead atoms. The lowest BCUT2D eigenvalue weighted by Crippen LogP contribution is -2.10. The average molecular weight is 488 g/mol. The lowest BCUT2D eigenvalue weighted by molar-refractivity contribution is 0.112. The highest BCUT2D eigenvalue weighted by atomic mass is 32.1. The number of carbonyl (C=O) groups excluding carboxylic acids is 1. The molecule has 35 heavy (non-hydrogen) atoms. The molecule has 0 spiro atoms. The number of nitrogens with zero attached hydrogens (tertiary/aromatic N) is 3. The molecular formula is C26H21N3O5S. The Morgan fingerprint density at radius 1 is 1.06 bits per heavy atom. The van der Waals surface area contributed by atoms with Crippen LogP contribution in [-0.2, 0) is 6.54 Å². The third-order valence-corrected chi connectivity index (χ3v) is 6.19. The maximum absolute atomic E-state index is 11.8. The molecule has 0 aliphatic heterocycles. The molecule has 8 nitrogen and oxygen atoms in total. The Labute approximate surface area is 204 Å². The Balaban J connectivity index is 1.73. The van der Waals surface area contributed by atoms with Gasteiger partial charge in [-0.2, -0.15) is 8.75 Å². The molecule has 9 heteroatoms. The summed E-state index contributed by atoms with van der Waals surface area (Å²) in [5.74, 6) is 0.870. The molecule has 0 saturated heterocycles. The summed E-state index contributed by atoms with van der Waals surface area (Å²) in [6.07, 6.45) is 0.212. The Morgan fingerprint density at radius 3 is 2.60 bits per heavy atom. The number of aromatic nitrogens is 3. The summed E-state index contributed by atoms with van der Waals surface area (Å²) in [6, 6.07) is 18.4. The average Bonchev–Trinajstić information content (AvgIpc) is 3.45. The van der Waals surface area contributed by atoms with E-state index in [1.165, 1.54) is 0 Å². The molecule has 0 fully saturated rings. The number of hydrogen-bond donors (Lipinski definition) is 1. The van der Waals surface area contributed by atoms with E-state index < -0.39 is 6.16 Å². The molecule has 176 valence electrons. The van der Waals surface area contributed by atoms with Gasteiger partial charge in [-0.05, 0) is 47.9 Å².